The first-order chi connectivity index (χ1) is 14.1. The number of nitro groups is 1. The lowest BCUT2D eigenvalue weighted by Crippen LogP contribution is -2.17. The van der Waals surface area contributed by atoms with Crippen molar-refractivity contribution in [3.63, 3.8) is 0 Å². The Labute approximate surface area is 178 Å². The zero-order valence-electron chi connectivity index (χ0n) is 15.0. The normalized spacial score (nSPS) is 16.2. The predicted molar refractivity (Wildman–Crippen MR) is 118 cm³/mol. The summed E-state index contributed by atoms with van der Waals surface area (Å²) in [5, 5.41) is 17.6. The number of thiazole rings is 1. The average molecular weight is 471 g/mol. The SMILES string of the molecule is O=[N+]([O-])C1C=CC(c2ccc(/C=N/Nc3nc(-c4ccc(Br)cc4)cs3)o2)=CC1. The number of nitrogens with zero attached hydrogens (tertiary/aromatic N) is 3. The number of furan rings is 1. The fourth-order valence-electron chi connectivity index (χ4n) is 2.75. The van der Waals surface area contributed by atoms with Crippen molar-refractivity contribution in [3.8, 4) is 11.3 Å². The topological polar surface area (TPSA) is 93.6 Å². The van der Waals surface area contributed by atoms with Crippen molar-refractivity contribution in [3.05, 3.63) is 86.1 Å². The first-order valence-electron chi connectivity index (χ1n) is 8.71. The number of hydrazone groups is 1. The van der Waals surface area contributed by atoms with Gasteiger partial charge < -0.3 is 4.42 Å². The Morgan fingerprint density at radius 1 is 1.31 bits per heavy atom. The molecule has 2 aromatic heterocycles. The van der Waals surface area contributed by atoms with Crippen LogP contribution in [-0.2, 0) is 0 Å². The van der Waals surface area contributed by atoms with E-state index in [1.165, 1.54) is 11.3 Å². The molecule has 29 heavy (non-hydrogen) atoms. The molecule has 1 aliphatic rings. The van der Waals surface area contributed by atoms with E-state index in [0.29, 0.717) is 23.1 Å². The van der Waals surface area contributed by atoms with Crippen LogP contribution in [0.1, 0.15) is 17.9 Å². The minimum Gasteiger partial charge on any atom is -0.455 e. The van der Waals surface area contributed by atoms with Gasteiger partial charge in [-0.1, -0.05) is 34.1 Å². The first-order valence-corrected chi connectivity index (χ1v) is 10.4. The third kappa shape index (κ3) is 4.69. The smallest absolute Gasteiger partial charge is 0.235 e. The summed E-state index contributed by atoms with van der Waals surface area (Å²) in [6.45, 7) is 0. The van der Waals surface area contributed by atoms with Crippen LogP contribution in [0.25, 0.3) is 16.8 Å². The standard InChI is InChI=1S/C20H15BrN4O3S/c21-15-5-1-13(2-6-15)18-12-29-20(23-18)24-22-11-17-9-10-19(28-17)14-3-7-16(8-4-14)25(26)27/h1-7,9-12,16H,8H2,(H,23,24)/b22-11+. The monoisotopic (exact) mass is 470 g/mol. The highest BCUT2D eigenvalue weighted by Crippen LogP contribution is 2.26. The van der Waals surface area contributed by atoms with Crippen LogP contribution in [0.3, 0.4) is 0 Å². The Bertz CT molecular complexity index is 1110. The second-order valence-electron chi connectivity index (χ2n) is 6.22. The lowest BCUT2D eigenvalue weighted by Gasteiger charge is -2.08. The van der Waals surface area contributed by atoms with Gasteiger partial charge in [0.05, 0.1) is 11.9 Å². The molecule has 1 aliphatic carbocycles. The van der Waals surface area contributed by atoms with E-state index in [2.05, 4.69) is 31.4 Å². The van der Waals surface area contributed by atoms with Crippen LogP contribution in [0.15, 0.2) is 74.0 Å². The summed E-state index contributed by atoms with van der Waals surface area (Å²) in [5.41, 5.74) is 5.65. The molecule has 0 saturated carbocycles. The summed E-state index contributed by atoms with van der Waals surface area (Å²) >= 11 is 4.89. The van der Waals surface area contributed by atoms with Crippen molar-refractivity contribution in [2.75, 3.05) is 5.43 Å². The molecule has 146 valence electrons. The fourth-order valence-corrected chi connectivity index (χ4v) is 3.69. The lowest BCUT2D eigenvalue weighted by atomic mass is 10.0. The van der Waals surface area contributed by atoms with E-state index >= 15 is 0 Å². The van der Waals surface area contributed by atoms with Gasteiger partial charge in [-0.3, -0.25) is 15.5 Å². The Morgan fingerprint density at radius 2 is 2.14 bits per heavy atom. The van der Waals surface area contributed by atoms with E-state index in [0.717, 1.165) is 21.3 Å². The minimum atomic E-state index is -0.667. The van der Waals surface area contributed by atoms with Gasteiger partial charge in [0.1, 0.15) is 11.5 Å². The van der Waals surface area contributed by atoms with Gasteiger partial charge in [-0.25, -0.2) is 4.98 Å². The molecule has 4 rings (SSSR count). The summed E-state index contributed by atoms with van der Waals surface area (Å²) < 4.78 is 6.76. The molecular weight excluding hydrogens is 456 g/mol. The van der Waals surface area contributed by atoms with Crippen molar-refractivity contribution in [2.45, 2.75) is 12.5 Å². The molecular formula is C20H15BrN4O3S. The first kappa shape index (κ1) is 19.3. The van der Waals surface area contributed by atoms with E-state index in [9.17, 15) is 10.1 Å². The van der Waals surface area contributed by atoms with Gasteiger partial charge >= 0.3 is 0 Å². The van der Waals surface area contributed by atoms with E-state index in [1.54, 1.807) is 24.4 Å². The number of nitrogens with one attached hydrogen (secondary N) is 1. The summed E-state index contributed by atoms with van der Waals surface area (Å²) in [4.78, 5) is 15.0. The Morgan fingerprint density at radius 3 is 2.86 bits per heavy atom. The largest absolute Gasteiger partial charge is 0.455 e. The Kier molecular flexibility index (Phi) is 5.68. The van der Waals surface area contributed by atoms with Gasteiger partial charge in [-0.05, 0) is 36.4 Å². The highest BCUT2D eigenvalue weighted by Gasteiger charge is 2.19. The van der Waals surface area contributed by atoms with Crippen LogP contribution in [0.2, 0.25) is 0 Å². The minimum absolute atomic E-state index is 0.295. The van der Waals surface area contributed by atoms with Crippen molar-refractivity contribution >= 4 is 44.2 Å². The molecule has 2 heterocycles. The van der Waals surface area contributed by atoms with Crippen LogP contribution in [0.5, 0.6) is 0 Å². The average Bonchev–Trinajstić information content (AvgIpc) is 3.39. The van der Waals surface area contributed by atoms with Crippen molar-refractivity contribution < 1.29 is 9.34 Å². The molecule has 7 nitrogen and oxygen atoms in total. The summed E-state index contributed by atoms with van der Waals surface area (Å²) in [6, 6.07) is 10.9. The molecule has 0 bridgehead atoms. The maximum absolute atomic E-state index is 10.8. The van der Waals surface area contributed by atoms with E-state index in [4.69, 9.17) is 4.42 Å². The van der Waals surface area contributed by atoms with Crippen LogP contribution in [0.4, 0.5) is 5.13 Å². The number of anilines is 1. The second kappa shape index (κ2) is 8.54. The number of hydrogen-bond donors (Lipinski definition) is 1. The summed E-state index contributed by atoms with van der Waals surface area (Å²) in [6.07, 6.45) is 7.03. The lowest BCUT2D eigenvalue weighted by molar-refractivity contribution is -0.508. The van der Waals surface area contributed by atoms with Gasteiger partial charge in [0.15, 0.2) is 0 Å². The van der Waals surface area contributed by atoms with Crippen LogP contribution in [0, 0.1) is 10.1 Å². The quantitative estimate of drug-likeness (QED) is 0.287. The van der Waals surface area contributed by atoms with E-state index < -0.39 is 6.04 Å². The molecule has 1 aromatic carbocycles. The maximum atomic E-state index is 10.8. The predicted octanol–water partition coefficient (Wildman–Crippen LogP) is 5.60. The van der Waals surface area contributed by atoms with Gasteiger partial charge in [0.25, 0.3) is 0 Å². The van der Waals surface area contributed by atoms with Crippen molar-refractivity contribution in [1.29, 1.82) is 0 Å². The van der Waals surface area contributed by atoms with Gasteiger partial charge in [-0.2, -0.15) is 5.10 Å². The molecule has 0 fully saturated rings. The molecule has 1 N–H and O–H groups in total. The second-order valence-corrected chi connectivity index (χ2v) is 8.00. The Hall–Kier alpha value is -3.04. The number of halogens is 1. The van der Waals surface area contributed by atoms with Crippen LogP contribution >= 0.6 is 27.3 Å². The molecule has 3 aromatic rings. The molecule has 0 radical (unpaired) electrons. The highest BCUT2D eigenvalue weighted by molar-refractivity contribution is 9.10. The molecule has 0 aliphatic heterocycles. The highest BCUT2D eigenvalue weighted by atomic mass is 79.9. The number of hydrogen-bond acceptors (Lipinski definition) is 7. The number of benzene rings is 1. The van der Waals surface area contributed by atoms with Gasteiger partial charge in [0, 0.05) is 32.3 Å². The zero-order chi connectivity index (χ0) is 20.2. The third-order valence-electron chi connectivity index (χ3n) is 4.26. The van der Waals surface area contributed by atoms with Crippen molar-refractivity contribution in [1.82, 2.24) is 4.98 Å². The third-order valence-corrected chi connectivity index (χ3v) is 5.53. The fraction of sp³-hybridized carbons (Fsp3) is 0.100. The molecule has 0 saturated heterocycles. The molecule has 1 atom stereocenters. The van der Waals surface area contributed by atoms with Crippen LogP contribution in [-0.4, -0.2) is 22.2 Å². The van der Waals surface area contributed by atoms with Crippen molar-refractivity contribution in [2.24, 2.45) is 5.10 Å². The molecule has 0 spiro atoms. The number of allylic oxidation sites excluding steroid dienone is 2. The zero-order valence-corrected chi connectivity index (χ0v) is 17.4. The molecule has 1 unspecified atom stereocenters. The number of rotatable bonds is 6. The van der Waals surface area contributed by atoms with E-state index in [-0.39, 0.29) is 4.92 Å². The summed E-state index contributed by atoms with van der Waals surface area (Å²) in [7, 11) is 0. The number of aromatic nitrogens is 1. The van der Waals surface area contributed by atoms with E-state index in [1.807, 2.05) is 41.8 Å². The molecule has 0 amide bonds. The maximum Gasteiger partial charge on any atom is 0.235 e. The van der Waals surface area contributed by atoms with Crippen LogP contribution < -0.4 is 5.43 Å². The van der Waals surface area contributed by atoms with Gasteiger partial charge in [-0.15, -0.1) is 11.3 Å². The van der Waals surface area contributed by atoms with Gasteiger partial charge in [0.2, 0.25) is 11.2 Å². The molecule has 9 heteroatoms. The Balaban J connectivity index is 1.37. The summed E-state index contributed by atoms with van der Waals surface area (Å²) in [5.74, 6) is 1.22.